The van der Waals surface area contributed by atoms with E-state index in [1.807, 2.05) is 36.5 Å². The van der Waals surface area contributed by atoms with Gasteiger partial charge in [0.1, 0.15) is 0 Å². The third-order valence-corrected chi connectivity index (χ3v) is 3.92. The standard InChI is InChI=1S/C19H19N3O/c1-12-4-9-17-18(10-11-20-19(17)13(12)2)22-16-7-5-15(6-8-16)21-14(3)23/h4-11H,1-3H3,(H,20,22)(H,21,23). The molecule has 0 saturated heterocycles. The zero-order valence-electron chi connectivity index (χ0n) is 13.5. The maximum Gasteiger partial charge on any atom is 0.221 e. The highest BCUT2D eigenvalue weighted by Crippen LogP contribution is 2.28. The van der Waals surface area contributed by atoms with Gasteiger partial charge in [0.15, 0.2) is 0 Å². The van der Waals surface area contributed by atoms with Crippen molar-refractivity contribution in [3.8, 4) is 0 Å². The molecule has 1 aromatic heterocycles. The quantitative estimate of drug-likeness (QED) is 0.746. The summed E-state index contributed by atoms with van der Waals surface area (Å²) in [5, 5.41) is 7.28. The first kappa shape index (κ1) is 15.0. The van der Waals surface area contributed by atoms with E-state index in [1.54, 1.807) is 0 Å². The van der Waals surface area contributed by atoms with E-state index in [2.05, 4.69) is 41.6 Å². The summed E-state index contributed by atoms with van der Waals surface area (Å²) in [6.45, 7) is 5.69. The number of carbonyl (C=O) groups is 1. The number of benzene rings is 2. The van der Waals surface area contributed by atoms with Gasteiger partial charge >= 0.3 is 0 Å². The number of pyridine rings is 1. The zero-order chi connectivity index (χ0) is 16.4. The highest BCUT2D eigenvalue weighted by Gasteiger charge is 2.06. The molecular weight excluding hydrogens is 286 g/mol. The predicted molar refractivity (Wildman–Crippen MR) is 95.2 cm³/mol. The van der Waals surface area contributed by atoms with Crippen molar-refractivity contribution in [3.63, 3.8) is 0 Å². The van der Waals surface area contributed by atoms with Gasteiger partial charge in [-0.05, 0) is 55.3 Å². The van der Waals surface area contributed by atoms with Gasteiger partial charge in [-0.15, -0.1) is 0 Å². The first-order chi connectivity index (χ1) is 11.0. The topological polar surface area (TPSA) is 54.0 Å². The van der Waals surface area contributed by atoms with E-state index in [4.69, 9.17) is 0 Å². The maximum absolute atomic E-state index is 11.1. The lowest BCUT2D eigenvalue weighted by Crippen LogP contribution is -2.05. The van der Waals surface area contributed by atoms with E-state index >= 15 is 0 Å². The first-order valence-corrected chi connectivity index (χ1v) is 7.54. The van der Waals surface area contributed by atoms with Crippen LogP contribution in [-0.2, 0) is 4.79 Å². The fourth-order valence-corrected chi connectivity index (χ4v) is 2.57. The molecule has 4 nitrogen and oxygen atoms in total. The minimum atomic E-state index is -0.0725. The summed E-state index contributed by atoms with van der Waals surface area (Å²) in [4.78, 5) is 15.6. The monoisotopic (exact) mass is 305 g/mol. The molecule has 0 spiro atoms. The molecule has 2 N–H and O–H groups in total. The lowest BCUT2D eigenvalue weighted by molar-refractivity contribution is -0.114. The van der Waals surface area contributed by atoms with Gasteiger partial charge in [0.05, 0.1) is 5.52 Å². The number of aromatic nitrogens is 1. The molecule has 0 bridgehead atoms. The minimum absolute atomic E-state index is 0.0725. The van der Waals surface area contributed by atoms with Crippen molar-refractivity contribution in [2.24, 2.45) is 0 Å². The lowest BCUT2D eigenvalue weighted by Gasteiger charge is -2.12. The van der Waals surface area contributed by atoms with Crippen molar-refractivity contribution in [2.75, 3.05) is 10.6 Å². The fraction of sp³-hybridized carbons (Fsp3) is 0.158. The van der Waals surface area contributed by atoms with Gasteiger partial charge in [-0.2, -0.15) is 0 Å². The van der Waals surface area contributed by atoms with Crippen LogP contribution in [0.1, 0.15) is 18.1 Å². The Hall–Kier alpha value is -2.88. The molecular formula is C19H19N3O. The highest BCUT2D eigenvalue weighted by atomic mass is 16.1. The average Bonchev–Trinajstić information content (AvgIpc) is 2.53. The molecule has 3 aromatic rings. The summed E-state index contributed by atoms with van der Waals surface area (Å²) >= 11 is 0. The fourth-order valence-electron chi connectivity index (χ4n) is 2.57. The molecule has 2 aromatic carbocycles. The second kappa shape index (κ2) is 6.08. The van der Waals surface area contributed by atoms with Crippen molar-refractivity contribution in [2.45, 2.75) is 20.8 Å². The molecule has 116 valence electrons. The van der Waals surface area contributed by atoms with Gasteiger partial charge in [-0.25, -0.2) is 0 Å². The van der Waals surface area contributed by atoms with Gasteiger partial charge < -0.3 is 10.6 Å². The van der Waals surface area contributed by atoms with E-state index in [-0.39, 0.29) is 5.91 Å². The molecule has 0 unspecified atom stereocenters. The zero-order valence-corrected chi connectivity index (χ0v) is 13.5. The predicted octanol–water partition coefficient (Wildman–Crippen LogP) is 4.55. The average molecular weight is 305 g/mol. The van der Waals surface area contributed by atoms with E-state index in [0.717, 1.165) is 28.0 Å². The first-order valence-electron chi connectivity index (χ1n) is 7.54. The van der Waals surface area contributed by atoms with Crippen LogP contribution in [0.3, 0.4) is 0 Å². The van der Waals surface area contributed by atoms with Crippen LogP contribution in [0.25, 0.3) is 10.9 Å². The number of amides is 1. The summed E-state index contributed by atoms with van der Waals surface area (Å²) in [6, 6.07) is 13.8. The van der Waals surface area contributed by atoms with Gasteiger partial charge in [0, 0.05) is 35.6 Å². The van der Waals surface area contributed by atoms with Gasteiger partial charge in [0.25, 0.3) is 0 Å². The third kappa shape index (κ3) is 3.16. The Balaban J connectivity index is 1.92. The third-order valence-electron chi connectivity index (χ3n) is 3.92. The summed E-state index contributed by atoms with van der Waals surface area (Å²) < 4.78 is 0. The molecule has 0 aliphatic carbocycles. The summed E-state index contributed by atoms with van der Waals surface area (Å²) in [5.41, 5.74) is 6.23. The number of fused-ring (bicyclic) bond motifs is 1. The molecule has 0 radical (unpaired) electrons. The molecule has 0 aliphatic heterocycles. The number of hydrogen-bond donors (Lipinski definition) is 2. The van der Waals surface area contributed by atoms with Crippen molar-refractivity contribution in [1.82, 2.24) is 4.98 Å². The molecule has 0 saturated carbocycles. The molecule has 0 fully saturated rings. The van der Waals surface area contributed by atoms with Crippen LogP contribution in [0.4, 0.5) is 17.1 Å². The van der Waals surface area contributed by atoms with E-state index in [1.165, 1.54) is 18.1 Å². The van der Waals surface area contributed by atoms with E-state index in [9.17, 15) is 4.79 Å². The smallest absolute Gasteiger partial charge is 0.221 e. The van der Waals surface area contributed by atoms with Crippen LogP contribution in [0.5, 0.6) is 0 Å². The normalized spacial score (nSPS) is 10.6. The largest absolute Gasteiger partial charge is 0.355 e. The van der Waals surface area contributed by atoms with E-state index in [0.29, 0.717) is 0 Å². The van der Waals surface area contributed by atoms with Crippen molar-refractivity contribution in [3.05, 3.63) is 59.8 Å². The Labute approximate surface area is 135 Å². The highest BCUT2D eigenvalue weighted by molar-refractivity contribution is 5.95. The van der Waals surface area contributed by atoms with Gasteiger partial charge in [-0.1, -0.05) is 12.1 Å². The molecule has 4 heteroatoms. The summed E-state index contributed by atoms with van der Waals surface area (Å²) in [6.07, 6.45) is 1.82. The molecule has 0 aliphatic rings. The number of hydrogen-bond acceptors (Lipinski definition) is 3. The Kier molecular flexibility index (Phi) is 3.98. The Morgan fingerprint density at radius 2 is 1.65 bits per heavy atom. The number of rotatable bonds is 3. The molecule has 1 amide bonds. The molecule has 1 heterocycles. The van der Waals surface area contributed by atoms with Crippen LogP contribution in [0.15, 0.2) is 48.7 Å². The lowest BCUT2D eigenvalue weighted by atomic mass is 10.0. The maximum atomic E-state index is 11.1. The number of nitrogens with zero attached hydrogens (tertiary/aromatic N) is 1. The SMILES string of the molecule is CC(=O)Nc1ccc(Nc2ccnc3c(C)c(C)ccc23)cc1. The van der Waals surface area contributed by atoms with Crippen LogP contribution in [0, 0.1) is 13.8 Å². The van der Waals surface area contributed by atoms with Crippen molar-refractivity contribution >= 4 is 33.9 Å². The van der Waals surface area contributed by atoms with E-state index < -0.39 is 0 Å². The van der Waals surface area contributed by atoms with Crippen molar-refractivity contribution < 1.29 is 4.79 Å². The Morgan fingerprint density at radius 3 is 2.35 bits per heavy atom. The summed E-state index contributed by atoms with van der Waals surface area (Å²) in [7, 11) is 0. The van der Waals surface area contributed by atoms with Crippen LogP contribution >= 0.6 is 0 Å². The van der Waals surface area contributed by atoms with Crippen molar-refractivity contribution in [1.29, 1.82) is 0 Å². The summed E-state index contributed by atoms with van der Waals surface area (Å²) in [5.74, 6) is -0.0725. The number of aryl methyl sites for hydroxylation is 2. The Bertz CT molecular complexity index is 870. The molecule has 23 heavy (non-hydrogen) atoms. The van der Waals surface area contributed by atoms with Crippen LogP contribution in [-0.4, -0.2) is 10.9 Å². The number of carbonyl (C=O) groups excluding carboxylic acids is 1. The van der Waals surface area contributed by atoms with Gasteiger partial charge in [-0.3, -0.25) is 9.78 Å². The van der Waals surface area contributed by atoms with Gasteiger partial charge in [0.2, 0.25) is 5.91 Å². The van der Waals surface area contributed by atoms with Crippen LogP contribution in [0.2, 0.25) is 0 Å². The van der Waals surface area contributed by atoms with Crippen LogP contribution < -0.4 is 10.6 Å². The second-order valence-corrected chi connectivity index (χ2v) is 5.65. The number of nitrogens with one attached hydrogen (secondary N) is 2. The second-order valence-electron chi connectivity index (χ2n) is 5.65. The number of anilines is 3. The Morgan fingerprint density at radius 1 is 0.957 bits per heavy atom. The minimum Gasteiger partial charge on any atom is -0.355 e. The molecule has 0 atom stereocenters. The molecule has 3 rings (SSSR count).